The maximum Gasteiger partial charge on any atom is 0.0221 e. The van der Waals surface area contributed by atoms with E-state index in [1.807, 2.05) is 0 Å². The maximum atomic E-state index is 5.89. The lowest BCUT2D eigenvalue weighted by atomic mass is 9.97. The summed E-state index contributed by atoms with van der Waals surface area (Å²) in [4.78, 5) is 2.62. The summed E-state index contributed by atoms with van der Waals surface area (Å²) in [6.45, 7) is 3.47. The van der Waals surface area contributed by atoms with Gasteiger partial charge in [-0.05, 0) is 38.3 Å². The van der Waals surface area contributed by atoms with E-state index in [0.29, 0.717) is 6.04 Å². The number of nitrogens with two attached hydrogens (primary N) is 1. The highest BCUT2D eigenvalue weighted by Crippen LogP contribution is 2.30. The van der Waals surface area contributed by atoms with Crippen molar-refractivity contribution in [2.24, 2.45) is 11.7 Å². The Hall–Kier alpha value is -0.0800. The van der Waals surface area contributed by atoms with Crippen LogP contribution in [0.3, 0.4) is 0 Å². The van der Waals surface area contributed by atoms with E-state index in [4.69, 9.17) is 5.73 Å². The Morgan fingerprint density at radius 3 is 2.29 bits per heavy atom. The summed E-state index contributed by atoms with van der Waals surface area (Å²) in [6.07, 6.45) is 10.00. The fourth-order valence-electron chi connectivity index (χ4n) is 3.13. The highest BCUT2D eigenvalue weighted by molar-refractivity contribution is 4.81. The molecule has 1 saturated heterocycles. The molecule has 0 aromatic carbocycles. The van der Waals surface area contributed by atoms with Crippen molar-refractivity contribution in [1.82, 2.24) is 4.90 Å². The SMILES string of the molecule is NCC(CC1CCCC1)N1CCCC1. The number of likely N-dealkylation sites (tertiary alicyclic amines) is 1. The Morgan fingerprint density at radius 2 is 1.71 bits per heavy atom. The van der Waals surface area contributed by atoms with Gasteiger partial charge in [-0.3, -0.25) is 4.90 Å². The highest BCUT2D eigenvalue weighted by Gasteiger charge is 2.25. The van der Waals surface area contributed by atoms with Crippen LogP contribution in [0.4, 0.5) is 0 Å². The van der Waals surface area contributed by atoms with Crippen LogP contribution in [-0.2, 0) is 0 Å². The molecule has 1 atom stereocenters. The molecule has 0 spiro atoms. The molecular formula is C12H24N2. The van der Waals surface area contributed by atoms with Crippen molar-refractivity contribution in [3.63, 3.8) is 0 Å². The number of hydrogen-bond donors (Lipinski definition) is 1. The van der Waals surface area contributed by atoms with Crippen LogP contribution in [0.2, 0.25) is 0 Å². The smallest absolute Gasteiger partial charge is 0.0221 e. The van der Waals surface area contributed by atoms with Gasteiger partial charge in [-0.25, -0.2) is 0 Å². The fourth-order valence-corrected chi connectivity index (χ4v) is 3.13. The first-order valence-corrected chi connectivity index (χ1v) is 6.34. The van der Waals surface area contributed by atoms with E-state index in [-0.39, 0.29) is 0 Å². The number of hydrogen-bond acceptors (Lipinski definition) is 2. The van der Waals surface area contributed by atoms with E-state index in [9.17, 15) is 0 Å². The molecule has 1 aliphatic carbocycles. The number of rotatable bonds is 4. The molecule has 1 saturated carbocycles. The summed E-state index contributed by atoms with van der Waals surface area (Å²) in [5.74, 6) is 0.990. The van der Waals surface area contributed by atoms with E-state index in [0.717, 1.165) is 12.5 Å². The molecule has 1 heterocycles. The molecule has 2 heteroatoms. The van der Waals surface area contributed by atoms with Gasteiger partial charge in [0.15, 0.2) is 0 Å². The largest absolute Gasteiger partial charge is 0.329 e. The summed E-state index contributed by atoms with van der Waals surface area (Å²) in [5.41, 5.74) is 5.89. The predicted octanol–water partition coefficient (Wildman–Crippen LogP) is 1.99. The van der Waals surface area contributed by atoms with Crippen LogP contribution in [0.1, 0.15) is 44.9 Å². The molecule has 2 nitrogen and oxygen atoms in total. The third-order valence-electron chi connectivity index (χ3n) is 4.01. The van der Waals surface area contributed by atoms with Crippen molar-refractivity contribution in [3.05, 3.63) is 0 Å². The predicted molar refractivity (Wildman–Crippen MR) is 60.2 cm³/mol. The third-order valence-corrected chi connectivity index (χ3v) is 4.01. The molecule has 2 aliphatic rings. The zero-order valence-electron chi connectivity index (χ0n) is 9.25. The molecule has 1 unspecified atom stereocenters. The van der Waals surface area contributed by atoms with Gasteiger partial charge in [0.25, 0.3) is 0 Å². The molecule has 2 fully saturated rings. The molecular weight excluding hydrogens is 172 g/mol. The van der Waals surface area contributed by atoms with Crippen molar-refractivity contribution in [1.29, 1.82) is 0 Å². The van der Waals surface area contributed by atoms with Crippen LogP contribution in [-0.4, -0.2) is 30.6 Å². The van der Waals surface area contributed by atoms with Gasteiger partial charge in [-0.1, -0.05) is 25.7 Å². The Kier molecular flexibility index (Phi) is 3.82. The summed E-state index contributed by atoms with van der Waals surface area (Å²) in [5, 5.41) is 0. The first-order chi connectivity index (χ1) is 6.90. The van der Waals surface area contributed by atoms with E-state index in [1.165, 1.54) is 58.0 Å². The maximum absolute atomic E-state index is 5.89. The molecule has 14 heavy (non-hydrogen) atoms. The van der Waals surface area contributed by atoms with E-state index < -0.39 is 0 Å². The van der Waals surface area contributed by atoms with Crippen molar-refractivity contribution >= 4 is 0 Å². The Labute approximate surface area is 87.8 Å². The molecule has 0 bridgehead atoms. The second-order valence-electron chi connectivity index (χ2n) is 5.02. The zero-order chi connectivity index (χ0) is 9.80. The molecule has 2 N–H and O–H groups in total. The topological polar surface area (TPSA) is 29.3 Å². The Morgan fingerprint density at radius 1 is 1.07 bits per heavy atom. The standard InChI is InChI=1S/C12H24N2/c13-10-12(14-7-3-4-8-14)9-11-5-1-2-6-11/h11-12H,1-10,13H2. The van der Waals surface area contributed by atoms with Crippen LogP contribution >= 0.6 is 0 Å². The van der Waals surface area contributed by atoms with Gasteiger partial charge in [0.1, 0.15) is 0 Å². The minimum atomic E-state index is 0.695. The van der Waals surface area contributed by atoms with Crippen molar-refractivity contribution < 1.29 is 0 Å². The lowest BCUT2D eigenvalue weighted by molar-refractivity contribution is 0.210. The molecule has 0 aromatic heterocycles. The minimum Gasteiger partial charge on any atom is -0.329 e. The second kappa shape index (κ2) is 5.13. The van der Waals surface area contributed by atoms with Crippen molar-refractivity contribution in [2.75, 3.05) is 19.6 Å². The Balaban J connectivity index is 1.79. The molecule has 1 aliphatic heterocycles. The monoisotopic (exact) mass is 196 g/mol. The molecule has 2 rings (SSSR count). The quantitative estimate of drug-likeness (QED) is 0.745. The van der Waals surface area contributed by atoms with Gasteiger partial charge in [-0.15, -0.1) is 0 Å². The van der Waals surface area contributed by atoms with Crippen LogP contribution < -0.4 is 5.73 Å². The summed E-state index contributed by atoms with van der Waals surface area (Å²) >= 11 is 0. The van der Waals surface area contributed by atoms with Gasteiger partial charge in [-0.2, -0.15) is 0 Å². The van der Waals surface area contributed by atoms with Gasteiger partial charge in [0.05, 0.1) is 0 Å². The van der Waals surface area contributed by atoms with Crippen LogP contribution in [0.15, 0.2) is 0 Å². The average molecular weight is 196 g/mol. The fraction of sp³-hybridized carbons (Fsp3) is 1.00. The molecule has 0 amide bonds. The van der Waals surface area contributed by atoms with Gasteiger partial charge >= 0.3 is 0 Å². The molecule has 0 radical (unpaired) electrons. The molecule has 0 aromatic rings. The van der Waals surface area contributed by atoms with Crippen LogP contribution in [0, 0.1) is 5.92 Å². The van der Waals surface area contributed by atoms with Crippen molar-refractivity contribution in [3.8, 4) is 0 Å². The average Bonchev–Trinajstić information content (AvgIpc) is 2.86. The number of nitrogens with zero attached hydrogens (tertiary/aromatic N) is 1. The van der Waals surface area contributed by atoms with E-state index in [1.54, 1.807) is 0 Å². The van der Waals surface area contributed by atoms with Crippen LogP contribution in [0.25, 0.3) is 0 Å². The zero-order valence-corrected chi connectivity index (χ0v) is 9.25. The lowest BCUT2D eigenvalue weighted by Crippen LogP contribution is -2.39. The first-order valence-electron chi connectivity index (χ1n) is 6.34. The van der Waals surface area contributed by atoms with Crippen molar-refractivity contribution in [2.45, 2.75) is 51.0 Å². The van der Waals surface area contributed by atoms with Crippen LogP contribution in [0.5, 0.6) is 0 Å². The third kappa shape index (κ3) is 2.48. The first kappa shape index (κ1) is 10.4. The Bertz CT molecular complexity index is 158. The summed E-state index contributed by atoms with van der Waals surface area (Å²) < 4.78 is 0. The summed E-state index contributed by atoms with van der Waals surface area (Å²) in [6, 6.07) is 0.695. The van der Waals surface area contributed by atoms with E-state index >= 15 is 0 Å². The normalized spacial score (nSPS) is 27.2. The van der Waals surface area contributed by atoms with Gasteiger partial charge in [0, 0.05) is 12.6 Å². The minimum absolute atomic E-state index is 0.695. The molecule has 82 valence electrons. The van der Waals surface area contributed by atoms with Gasteiger partial charge < -0.3 is 5.73 Å². The van der Waals surface area contributed by atoms with Gasteiger partial charge in [0.2, 0.25) is 0 Å². The lowest BCUT2D eigenvalue weighted by Gasteiger charge is -2.28. The second-order valence-corrected chi connectivity index (χ2v) is 5.02. The van der Waals surface area contributed by atoms with E-state index in [2.05, 4.69) is 4.90 Å². The highest BCUT2D eigenvalue weighted by atomic mass is 15.2. The summed E-state index contributed by atoms with van der Waals surface area (Å²) in [7, 11) is 0.